The second-order valence-corrected chi connectivity index (χ2v) is 3.88. The molecule has 0 bridgehead atoms. The van der Waals surface area contributed by atoms with E-state index >= 15 is 0 Å². The fourth-order valence-electron chi connectivity index (χ4n) is 2.15. The molecule has 0 atom stereocenters. The molecule has 82 valence electrons. The molecular weight excluding hydrogens is 212 g/mol. The summed E-state index contributed by atoms with van der Waals surface area (Å²) >= 11 is 0. The number of carbonyl (C=O) groups excluding carboxylic acids is 1. The molecular formula is C15H10O2. The molecule has 0 aromatic heterocycles. The molecule has 0 radical (unpaired) electrons. The first-order chi connectivity index (χ1) is 8.29. The van der Waals surface area contributed by atoms with E-state index in [9.17, 15) is 4.79 Å². The lowest BCUT2D eigenvalue weighted by molar-refractivity contribution is -0.131. The van der Waals surface area contributed by atoms with Crippen LogP contribution in [-0.4, -0.2) is 5.97 Å². The van der Waals surface area contributed by atoms with E-state index in [1.54, 1.807) is 0 Å². The summed E-state index contributed by atoms with van der Waals surface area (Å²) in [5.74, 6) is 0.169. The molecule has 2 aromatic rings. The van der Waals surface area contributed by atoms with Gasteiger partial charge in [-0.1, -0.05) is 43.0 Å². The lowest BCUT2D eigenvalue weighted by atomic mass is 10.0. The molecule has 0 spiro atoms. The van der Waals surface area contributed by atoms with Gasteiger partial charge in [-0.15, -0.1) is 0 Å². The van der Waals surface area contributed by atoms with Crippen LogP contribution in [0.1, 0.15) is 11.1 Å². The normalized spacial score (nSPS) is 12.4. The molecule has 0 aliphatic heterocycles. The first kappa shape index (κ1) is 9.85. The van der Waals surface area contributed by atoms with E-state index in [1.165, 1.54) is 6.08 Å². The molecule has 0 fully saturated rings. The van der Waals surface area contributed by atoms with Crippen LogP contribution in [0.3, 0.4) is 0 Å². The van der Waals surface area contributed by atoms with E-state index in [-0.39, 0.29) is 0 Å². The molecule has 17 heavy (non-hydrogen) atoms. The van der Waals surface area contributed by atoms with Crippen molar-refractivity contribution in [2.45, 2.75) is 0 Å². The quantitative estimate of drug-likeness (QED) is 0.575. The Labute approximate surface area is 98.8 Å². The third-order valence-corrected chi connectivity index (χ3v) is 2.87. The number of ether oxygens (including phenoxy) is 1. The van der Waals surface area contributed by atoms with Gasteiger partial charge in [-0.2, -0.15) is 0 Å². The Morgan fingerprint density at radius 2 is 1.94 bits per heavy atom. The van der Waals surface area contributed by atoms with Crippen molar-refractivity contribution >= 4 is 28.6 Å². The van der Waals surface area contributed by atoms with E-state index < -0.39 is 5.97 Å². The third kappa shape index (κ3) is 1.46. The van der Waals surface area contributed by atoms with Gasteiger partial charge in [-0.05, 0) is 22.4 Å². The number of hydrogen-bond acceptors (Lipinski definition) is 2. The minimum Gasteiger partial charge on any atom is -0.423 e. The zero-order valence-electron chi connectivity index (χ0n) is 9.14. The zero-order chi connectivity index (χ0) is 11.8. The van der Waals surface area contributed by atoms with Crippen LogP contribution in [0.2, 0.25) is 0 Å². The van der Waals surface area contributed by atoms with Crippen molar-refractivity contribution in [2.24, 2.45) is 0 Å². The Balaban J connectivity index is 2.17. The van der Waals surface area contributed by atoms with E-state index in [0.717, 1.165) is 21.9 Å². The van der Waals surface area contributed by atoms with E-state index in [2.05, 4.69) is 18.7 Å². The SMILES string of the molecule is C=CC(=O)OC1=Cc2cccc3cccc1c23. The summed E-state index contributed by atoms with van der Waals surface area (Å²) in [5.41, 5.74) is 2.05. The van der Waals surface area contributed by atoms with E-state index in [1.807, 2.05) is 30.3 Å². The smallest absolute Gasteiger partial charge is 0.335 e. The van der Waals surface area contributed by atoms with E-state index in [0.29, 0.717) is 5.76 Å². The summed E-state index contributed by atoms with van der Waals surface area (Å²) in [4.78, 5) is 11.3. The molecule has 2 heteroatoms. The standard InChI is InChI=1S/C15H10O2/c1-2-14(16)17-13-9-11-7-3-5-10-6-4-8-12(13)15(10)11/h2-9H,1H2. The van der Waals surface area contributed by atoms with Crippen LogP contribution in [0.5, 0.6) is 0 Å². The Hall–Kier alpha value is -2.35. The van der Waals surface area contributed by atoms with Crippen LogP contribution in [0.4, 0.5) is 0 Å². The van der Waals surface area contributed by atoms with Crippen molar-refractivity contribution < 1.29 is 9.53 Å². The van der Waals surface area contributed by atoms with Gasteiger partial charge in [-0.25, -0.2) is 4.79 Å². The summed E-state index contributed by atoms with van der Waals surface area (Å²) < 4.78 is 5.24. The van der Waals surface area contributed by atoms with Crippen LogP contribution < -0.4 is 0 Å². The highest BCUT2D eigenvalue weighted by Gasteiger charge is 2.18. The lowest BCUT2D eigenvalue weighted by Gasteiger charge is -2.05. The van der Waals surface area contributed by atoms with Crippen LogP contribution in [0.15, 0.2) is 49.1 Å². The van der Waals surface area contributed by atoms with Crippen molar-refractivity contribution in [1.82, 2.24) is 0 Å². The molecule has 0 N–H and O–H groups in total. The maximum absolute atomic E-state index is 11.3. The van der Waals surface area contributed by atoms with Gasteiger partial charge in [0.25, 0.3) is 0 Å². The molecule has 0 amide bonds. The summed E-state index contributed by atoms with van der Waals surface area (Å²) in [5, 5.41) is 2.29. The summed E-state index contributed by atoms with van der Waals surface area (Å²) in [6, 6.07) is 12.0. The van der Waals surface area contributed by atoms with Crippen molar-refractivity contribution in [3.8, 4) is 0 Å². The van der Waals surface area contributed by atoms with Gasteiger partial charge < -0.3 is 4.74 Å². The predicted molar refractivity (Wildman–Crippen MR) is 68.1 cm³/mol. The second kappa shape index (κ2) is 3.59. The van der Waals surface area contributed by atoms with Gasteiger partial charge in [0, 0.05) is 11.6 Å². The van der Waals surface area contributed by atoms with Gasteiger partial charge in [0.1, 0.15) is 5.76 Å². The van der Waals surface area contributed by atoms with Gasteiger partial charge in [-0.3, -0.25) is 0 Å². The van der Waals surface area contributed by atoms with Crippen molar-refractivity contribution in [3.63, 3.8) is 0 Å². The molecule has 0 saturated heterocycles. The monoisotopic (exact) mass is 222 g/mol. The number of carbonyl (C=O) groups is 1. The largest absolute Gasteiger partial charge is 0.423 e. The van der Waals surface area contributed by atoms with E-state index in [4.69, 9.17) is 4.74 Å². The van der Waals surface area contributed by atoms with Gasteiger partial charge >= 0.3 is 5.97 Å². The van der Waals surface area contributed by atoms with Crippen LogP contribution >= 0.6 is 0 Å². The topological polar surface area (TPSA) is 26.3 Å². The van der Waals surface area contributed by atoms with Crippen LogP contribution in [0, 0.1) is 0 Å². The Morgan fingerprint density at radius 3 is 2.71 bits per heavy atom. The molecule has 2 nitrogen and oxygen atoms in total. The number of hydrogen-bond donors (Lipinski definition) is 0. The highest BCUT2D eigenvalue weighted by atomic mass is 16.5. The molecule has 2 aromatic carbocycles. The average molecular weight is 222 g/mol. The van der Waals surface area contributed by atoms with Crippen molar-refractivity contribution in [1.29, 1.82) is 0 Å². The molecule has 0 saturated carbocycles. The fourth-order valence-corrected chi connectivity index (χ4v) is 2.15. The average Bonchev–Trinajstić information content (AvgIpc) is 2.70. The fraction of sp³-hybridized carbons (Fsp3) is 0. The maximum atomic E-state index is 11.3. The molecule has 3 rings (SSSR count). The molecule has 1 aliphatic carbocycles. The van der Waals surface area contributed by atoms with Crippen molar-refractivity contribution in [2.75, 3.05) is 0 Å². The predicted octanol–water partition coefficient (Wildman–Crippen LogP) is 3.38. The zero-order valence-corrected chi connectivity index (χ0v) is 9.14. The minimum absolute atomic E-state index is 0.430. The number of benzene rings is 2. The first-order valence-electron chi connectivity index (χ1n) is 5.37. The van der Waals surface area contributed by atoms with Crippen LogP contribution in [-0.2, 0) is 9.53 Å². The molecule has 0 unspecified atom stereocenters. The lowest BCUT2D eigenvalue weighted by Crippen LogP contribution is -1.97. The number of esters is 1. The molecule has 0 heterocycles. The summed E-state index contributed by atoms with van der Waals surface area (Å²) in [7, 11) is 0. The Bertz CT molecular complexity index is 660. The first-order valence-corrected chi connectivity index (χ1v) is 5.37. The summed E-state index contributed by atoms with van der Waals surface area (Å²) in [6.45, 7) is 3.40. The maximum Gasteiger partial charge on any atom is 0.335 e. The Morgan fingerprint density at radius 1 is 1.18 bits per heavy atom. The number of rotatable bonds is 2. The minimum atomic E-state index is -0.430. The Kier molecular flexibility index (Phi) is 2.08. The van der Waals surface area contributed by atoms with Crippen molar-refractivity contribution in [3.05, 3.63) is 60.2 Å². The highest BCUT2D eigenvalue weighted by Crippen LogP contribution is 2.36. The van der Waals surface area contributed by atoms with Gasteiger partial charge in [0.05, 0.1) is 0 Å². The highest BCUT2D eigenvalue weighted by molar-refractivity contribution is 6.09. The summed E-state index contributed by atoms with van der Waals surface area (Å²) in [6.07, 6.45) is 3.06. The van der Waals surface area contributed by atoms with Crippen LogP contribution in [0.25, 0.3) is 22.6 Å². The van der Waals surface area contributed by atoms with Gasteiger partial charge in [0.2, 0.25) is 0 Å². The molecule has 1 aliphatic rings. The third-order valence-electron chi connectivity index (χ3n) is 2.87. The second-order valence-electron chi connectivity index (χ2n) is 3.88. The van der Waals surface area contributed by atoms with Gasteiger partial charge in [0.15, 0.2) is 0 Å².